The number of hydrogen-bond donors (Lipinski definition) is 0. The smallest absolute Gasteiger partial charge is 0.120 e. The van der Waals surface area contributed by atoms with Gasteiger partial charge in [0.1, 0.15) is 18.4 Å². The molecule has 0 aromatic carbocycles. The van der Waals surface area contributed by atoms with E-state index in [1.807, 2.05) is 13.2 Å². The van der Waals surface area contributed by atoms with E-state index in [0.717, 1.165) is 5.56 Å². The summed E-state index contributed by atoms with van der Waals surface area (Å²) in [4.78, 5) is 5.12. The number of rotatable bonds is 4. The molecule has 1 aromatic rings. The van der Waals surface area contributed by atoms with Crippen LogP contribution in [0.15, 0.2) is 17.4 Å². The molecular weight excluding hydrogens is 190 g/mol. The summed E-state index contributed by atoms with van der Waals surface area (Å²) in [5.41, 5.74) is 1.52. The zero-order chi connectivity index (χ0) is 10.7. The Labute approximate surface area is 88.8 Å². The second kappa shape index (κ2) is 4.18. The summed E-state index contributed by atoms with van der Waals surface area (Å²) in [6, 6.07) is 3.88. The topological polar surface area (TPSA) is 50.3 Å². The highest BCUT2D eigenvalue weighted by atomic mass is 16.6. The van der Waals surface area contributed by atoms with Crippen LogP contribution in [0.3, 0.4) is 0 Å². The van der Waals surface area contributed by atoms with Gasteiger partial charge in [-0.2, -0.15) is 5.26 Å². The number of nitrogens with zero attached hydrogens (tertiary/aromatic N) is 3. The molecule has 0 aliphatic heterocycles. The number of nitriles is 1. The van der Waals surface area contributed by atoms with Crippen molar-refractivity contribution in [3.8, 4) is 6.07 Å². The van der Waals surface area contributed by atoms with Gasteiger partial charge in [-0.15, -0.1) is 0 Å². The fraction of sp³-hybridized carbons (Fsp3) is 0.455. The number of oxime groups is 1. The fourth-order valence-electron chi connectivity index (χ4n) is 1.30. The first-order chi connectivity index (χ1) is 7.29. The highest BCUT2D eigenvalue weighted by Gasteiger charge is 2.21. The molecule has 0 bridgehead atoms. The van der Waals surface area contributed by atoms with E-state index in [2.05, 4.69) is 11.2 Å². The Balaban J connectivity index is 1.88. The summed E-state index contributed by atoms with van der Waals surface area (Å²) in [6.45, 7) is 0.717. The van der Waals surface area contributed by atoms with Gasteiger partial charge >= 0.3 is 0 Å². The molecule has 78 valence electrons. The minimum absolute atomic E-state index is 0.624. The van der Waals surface area contributed by atoms with Crippen LogP contribution < -0.4 is 0 Å². The standard InChI is InChI=1S/C11H13N3O/c1-14-7-10(4-11(14)5-12)6-13-15-8-9-2-3-9/h4,6-7,9H,2-3,8H2,1H3/b13-6+. The summed E-state index contributed by atoms with van der Waals surface area (Å²) < 4.78 is 1.77. The van der Waals surface area contributed by atoms with E-state index in [1.54, 1.807) is 16.8 Å². The minimum Gasteiger partial charge on any atom is -0.396 e. The van der Waals surface area contributed by atoms with Crippen LogP contribution in [-0.2, 0) is 11.9 Å². The maximum atomic E-state index is 8.74. The Hall–Kier alpha value is -1.76. The Morgan fingerprint density at radius 1 is 1.73 bits per heavy atom. The maximum Gasteiger partial charge on any atom is 0.120 e. The van der Waals surface area contributed by atoms with E-state index in [-0.39, 0.29) is 0 Å². The van der Waals surface area contributed by atoms with Crippen LogP contribution in [0.4, 0.5) is 0 Å². The normalized spacial score (nSPS) is 15.5. The maximum absolute atomic E-state index is 8.74. The second-order valence-electron chi connectivity index (χ2n) is 3.86. The third kappa shape index (κ3) is 2.59. The lowest BCUT2D eigenvalue weighted by Crippen LogP contribution is -1.89. The molecule has 0 radical (unpaired) electrons. The van der Waals surface area contributed by atoms with Gasteiger partial charge in [-0.1, -0.05) is 5.16 Å². The molecular formula is C11H13N3O. The van der Waals surface area contributed by atoms with E-state index >= 15 is 0 Å². The summed E-state index contributed by atoms with van der Waals surface area (Å²) in [5.74, 6) is 0.715. The molecule has 0 N–H and O–H groups in total. The van der Waals surface area contributed by atoms with Crippen molar-refractivity contribution < 1.29 is 4.84 Å². The molecule has 0 saturated heterocycles. The first-order valence-corrected chi connectivity index (χ1v) is 5.01. The highest BCUT2D eigenvalue weighted by Crippen LogP contribution is 2.28. The van der Waals surface area contributed by atoms with E-state index in [0.29, 0.717) is 18.2 Å². The molecule has 1 aliphatic carbocycles. The predicted octanol–water partition coefficient (Wildman–Crippen LogP) is 1.66. The van der Waals surface area contributed by atoms with E-state index in [1.165, 1.54) is 12.8 Å². The van der Waals surface area contributed by atoms with Crippen LogP contribution >= 0.6 is 0 Å². The van der Waals surface area contributed by atoms with Gasteiger partial charge in [-0.3, -0.25) is 0 Å². The third-order valence-electron chi connectivity index (χ3n) is 2.42. The first-order valence-electron chi connectivity index (χ1n) is 5.01. The molecule has 0 amide bonds. The molecule has 0 atom stereocenters. The Morgan fingerprint density at radius 2 is 2.53 bits per heavy atom. The van der Waals surface area contributed by atoms with Gasteiger partial charge in [-0.05, 0) is 24.8 Å². The van der Waals surface area contributed by atoms with Crippen LogP contribution in [0.2, 0.25) is 0 Å². The van der Waals surface area contributed by atoms with E-state index in [9.17, 15) is 0 Å². The van der Waals surface area contributed by atoms with Crippen molar-refractivity contribution in [2.45, 2.75) is 12.8 Å². The predicted molar refractivity (Wildman–Crippen MR) is 56.4 cm³/mol. The van der Waals surface area contributed by atoms with Gasteiger partial charge in [0.25, 0.3) is 0 Å². The minimum atomic E-state index is 0.624. The molecule has 2 rings (SSSR count). The van der Waals surface area contributed by atoms with Gasteiger partial charge in [0.2, 0.25) is 0 Å². The lowest BCUT2D eigenvalue weighted by atomic mass is 10.3. The molecule has 1 aromatic heterocycles. The molecule has 1 aliphatic rings. The van der Waals surface area contributed by atoms with Crippen LogP contribution in [0.5, 0.6) is 0 Å². The monoisotopic (exact) mass is 203 g/mol. The zero-order valence-corrected chi connectivity index (χ0v) is 8.68. The largest absolute Gasteiger partial charge is 0.396 e. The third-order valence-corrected chi connectivity index (χ3v) is 2.42. The van der Waals surface area contributed by atoms with Gasteiger partial charge in [-0.25, -0.2) is 0 Å². The zero-order valence-electron chi connectivity index (χ0n) is 8.68. The van der Waals surface area contributed by atoms with Gasteiger partial charge in [0, 0.05) is 18.8 Å². The van der Waals surface area contributed by atoms with Crippen molar-refractivity contribution in [1.29, 1.82) is 5.26 Å². The summed E-state index contributed by atoms with van der Waals surface area (Å²) in [5, 5.41) is 12.6. The number of aryl methyl sites for hydroxylation is 1. The van der Waals surface area contributed by atoms with Gasteiger partial charge < -0.3 is 9.40 Å². The average Bonchev–Trinajstić information content (AvgIpc) is 2.97. The van der Waals surface area contributed by atoms with Crippen molar-refractivity contribution in [1.82, 2.24) is 4.57 Å². The van der Waals surface area contributed by atoms with Crippen molar-refractivity contribution in [2.75, 3.05) is 6.61 Å². The van der Waals surface area contributed by atoms with Crippen LogP contribution in [0, 0.1) is 17.2 Å². The highest BCUT2D eigenvalue weighted by molar-refractivity contribution is 5.79. The van der Waals surface area contributed by atoms with E-state index in [4.69, 9.17) is 10.1 Å². The Kier molecular flexibility index (Phi) is 2.72. The van der Waals surface area contributed by atoms with Gasteiger partial charge in [0.15, 0.2) is 0 Å². The summed E-state index contributed by atoms with van der Waals surface area (Å²) in [6.07, 6.45) is 6.02. The molecule has 15 heavy (non-hydrogen) atoms. The quantitative estimate of drug-likeness (QED) is 0.552. The molecule has 4 nitrogen and oxygen atoms in total. The molecule has 1 heterocycles. The summed E-state index contributed by atoms with van der Waals surface area (Å²) >= 11 is 0. The lowest BCUT2D eigenvalue weighted by Gasteiger charge is -1.93. The van der Waals surface area contributed by atoms with Crippen molar-refractivity contribution >= 4 is 6.21 Å². The first kappa shape index (κ1) is 9.78. The van der Waals surface area contributed by atoms with Crippen molar-refractivity contribution in [3.63, 3.8) is 0 Å². The lowest BCUT2D eigenvalue weighted by molar-refractivity contribution is 0.135. The van der Waals surface area contributed by atoms with E-state index < -0.39 is 0 Å². The van der Waals surface area contributed by atoms with Crippen LogP contribution in [0.25, 0.3) is 0 Å². The molecule has 4 heteroatoms. The molecule has 1 saturated carbocycles. The van der Waals surface area contributed by atoms with Gasteiger partial charge in [0.05, 0.1) is 6.21 Å². The van der Waals surface area contributed by atoms with Crippen LogP contribution in [-0.4, -0.2) is 17.4 Å². The Morgan fingerprint density at radius 3 is 3.13 bits per heavy atom. The molecule has 0 spiro atoms. The average molecular weight is 203 g/mol. The molecule has 1 fully saturated rings. The summed E-state index contributed by atoms with van der Waals surface area (Å²) in [7, 11) is 1.83. The van der Waals surface area contributed by atoms with Crippen molar-refractivity contribution in [2.24, 2.45) is 18.1 Å². The fourth-order valence-corrected chi connectivity index (χ4v) is 1.30. The van der Waals surface area contributed by atoms with Crippen LogP contribution in [0.1, 0.15) is 24.1 Å². The second-order valence-corrected chi connectivity index (χ2v) is 3.86. The van der Waals surface area contributed by atoms with Crippen molar-refractivity contribution in [3.05, 3.63) is 23.5 Å². The number of hydrogen-bond acceptors (Lipinski definition) is 3. The number of aromatic nitrogens is 1. The molecule has 0 unspecified atom stereocenters. The Bertz CT molecular complexity index is 410. The SMILES string of the molecule is Cn1cc(/C=N/OCC2CC2)cc1C#N.